The van der Waals surface area contributed by atoms with Gasteiger partial charge in [0.25, 0.3) is 0 Å². The first kappa shape index (κ1) is 9.85. The van der Waals surface area contributed by atoms with E-state index in [0.717, 1.165) is 11.3 Å². The number of aromatic nitrogens is 4. The highest BCUT2D eigenvalue weighted by atomic mass is 16.5. The molecule has 0 saturated heterocycles. The standard InChI is InChI=1S/C9H13N5O/c1-6(3-15-2)14-9-7-8(11-4-10-7)12-5-13-9/h4-6H,3H2,1-2H3,(H2,10,11,12,13,14). The first-order valence-electron chi connectivity index (χ1n) is 4.71. The van der Waals surface area contributed by atoms with Gasteiger partial charge in [-0.05, 0) is 6.92 Å². The van der Waals surface area contributed by atoms with Crippen LogP contribution in [0.1, 0.15) is 6.92 Å². The molecule has 2 aromatic rings. The van der Waals surface area contributed by atoms with Crippen molar-refractivity contribution in [3.63, 3.8) is 0 Å². The first-order valence-corrected chi connectivity index (χ1v) is 4.71. The second-order valence-corrected chi connectivity index (χ2v) is 3.32. The molecule has 15 heavy (non-hydrogen) atoms. The molecule has 0 bridgehead atoms. The molecule has 1 unspecified atom stereocenters. The molecule has 2 aromatic heterocycles. The van der Waals surface area contributed by atoms with Gasteiger partial charge in [-0.25, -0.2) is 15.0 Å². The average Bonchev–Trinajstić information content (AvgIpc) is 2.67. The summed E-state index contributed by atoms with van der Waals surface area (Å²) in [5.74, 6) is 0.752. The quantitative estimate of drug-likeness (QED) is 0.775. The maximum absolute atomic E-state index is 5.04. The van der Waals surface area contributed by atoms with E-state index in [9.17, 15) is 0 Å². The lowest BCUT2D eigenvalue weighted by Crippen LogP contribution is -2.21. The zero-order valence-electron chi connectivity index (χ0n) is 8.69. The molecule has 0 amide bonds. The number of methoxy groups -OCH3 is 1. The van der Waals surface area contributed by atoms with E-state index in [0.29, 0.717) is 12.3 Å². The van der Waals surface area contributed by atoms with Crippen LogP contribution >= 0.6 is 0 Å². The number of imidazole rings is 1. The van der Waals surface area contributed by atoms with Gasteiger partial charge in [-0.2, -0.15) is 0 Å². The Morgan fingerprint density at radius 3 is 3.13 bits per heavy atom. The van der Waals surface area contributed by atoms with Crippen LogP contribution in [-0.4, -0.2) is 39.7 Å². The molecular weight excluding hydrogens is 194 g/mol. The van der Waals surface area contributed by atoms with Crippen molar-refractivity contribution in [2.75, 3.05) is 19.0 Å². The Balaban J connectivity index is 2.23. The van der Waals surface area contributed by atoms with Crippen LogP contribution in [0.15, 0.2) is 12.7 Å². The summed E-state index contributed by atoms with van der Waals surface area (Å²) in [6.45, 7) is 2.65. The topological polar surface area (TPSA) is 75.7 Å². The zero-order chi connectivity index (χ0) is 10.7. The normalized spacial score (nSPS) is 12.9. The number of anilines is 1. The minimum atomic E-state index is 0.191. The molecule has 6 heteroatoms. The third kappa shape index (κ3) is 2.04. The number of nitrogens with zero attached hydrogens (tertiary/aromatic N) is 3. The monoisotopic (exact) mass is 207 g/mol. The number of ether oxygens (including phenoxy) is 1. The maximum atomic E-state index is 5.04. The summed E-state index contributed by atoms with van der Waals surface area (Å²) in [5.41, 5.74) is 1.48. The summed E-state index contributed by atoms with van der Waals surface area (Å²) in [4.78, 5) is 15.2. The zero-order valence-corrected chi connectivity index (χ0v) is 8.69. The van der Waals surface area contributed by atoms with E-state index < -0.39 is 0 Å². The fourth-order valence-corrected chi connectivity index (χ4v) is 1.40. The van der Waals surface area contributed by atoms with E-state index in [2.05, 4.69) is 25.3 Å². The molecule has 6 nitrogen and oxygen atoms in total. The largest absolute Gasteiger partial charge is 0.383 e. The minimum absolute atomic E-state index is 0.191. The van der Waals surface area contributed by atoms with Gasteiger partial charge in [-0.3, -0.25) is 0 Å². The molecule has 0 radical (unpaired) electrons. The van der Waals surface area contributed by atoms with E-state index in [1.165, 1.54) is 6.33 Å². The molecule has 0 aliphatic carbocycles. The van der Waals surface area contributed by atoms with Gasteiger partial charge in [-0.15, -0.1) is 0 Å². The molecule has 0 spiro atoms. The van der Waals surface area contributed by atoms with Gasteiger partial charge in [-0.1, -0.05) is 0 Å². The fourth-order valence-electron chi connectivity index (χ4n) is 1.40. The Hall–Kier alpha value is -1.69. The molecular formula is C9H13N5O. The van der Waals surface area contributed by atoms with Crippen LogP contribution in [0.3, 0.4) is 0 Å². The predicted octanol–water partition coefficient (Wildman–Crippen LogP) is 0.800. The van der Waals surface area contributed by atoms with Gasteiger partial charge in [0.1, 0.15) is 11.8 Å². The second-order valence-electron chi connectivity index (χ2n) is 3.32. The third-order valence-electron chi connectivity index (χ3n) is 2.02. The van der Waals surface area contributed by atoms with Gasteiger partial charge >= 0.3 is 0 Å². The van der Waals surface area contributed by atoms with E-state index in [4.69, 9.17) is 4.74 Å². The fraction of sp³-hybridized carbons (Fsp3) is 0.444. The Morgan fingerprint density at radius 1 is 1.47 bits per heavy atom. The molecule has 2 N–H and O–H groups in total. The summed E-state index contributed by atoms with van der Waals surface area (Å²) in [6.07, 6.45) is 3.09. The van der Waals surface area contributed by atoms with Crippen LogP contribution in [0.4, 0.5) is 5.82 Å². The number of H-pyrrole nitrogens is 1. The first-order chi connectivity index (χ1) is 7.31. The number of fused-ring (bicyclic) bond motifs is 1. The summed E-state index contributed by atoms with van der Waals surface area (Å²) >= 11 is 0. The van der Waals surface area contributed by atoms with Crippen LogP contribution in [0.25, 0.3) is 11.2 Å². The van der Waals surface area contributed by atoms with Gasteiger partial charge in [0.15, 0.2) is 11.5 Å². The van der Waals surface area contributed by atoms with E-state index in [1.807, 2.05) is 6.92 Å². The van der Waals surface area contributed by atoms with Crippen LogP contribution in [0.5, 0.6) is 0 Å². The Labute approximate surface area is 87.1 Å². The highest BCUT2D eigenvalue weighted by Gasteiger charge is 2.08. The van der Waals surface area contributed by atoms with Crippen molar-refractivity contribution >= 4 is 17.0 Å². The second kappa shape index (κ2) is 4.22. The molecule has 2 rings (SSSR count). The minimum Gasteiger partial charge on any atom is -0.383 e. The number of nitrogens with one attached hydrogen (secondary N) is 2. The Kier molecular flexibility index (Phi) is 2.77. The summed E-state index contributed by atoms with van der Waals surface area (Å²) in [6, 6.07) is 0.191. The lowest BCUT2D eigenvalue weighted by atomic mass is 10.3. The molecule has 0 fully saturated rings. The number of rotatable bonds is 4. The SMILES string of the molecule is COCC(C)Nc1ncnc2nc[nH]c12. The van der Waals surface area contributed by atoms with Crippen LogP contribution in [0, 0.1) is 0 Å². The van der Waals surface area contributed by atoms with E-state index in [-0.39, 0.29) is 6.04 Å². The van der Waals surface area contributed by atoms with Crippen molar-refractivity contribution in [2.45, 2.75) is 13.0 Å². The number of hydrogen-bond acceptors (Lipinski definition) is 5. The Morgan fingerprint density at radius 2 is 2.33 bits per heavy atom. The van der Waals surface area contributed by atoms with Crippen molar-refractivity contribution in [1.29, 1.82) is 0 Å². The van der Waals surface area contributed by atoms with Crippen molar-refractivity contribution in [3.8, 4) is 0 Å². The van der Waals surface area contributed by atoms with Crippen LogP contribution in [-0.2, 0) is 4.74 Å². The van der Waals surface area contributed by atoms with Crippen LogP contribution < -0.4 is 5.32 Å². The van der Waals surface area contributed by atoms with Gasteiger partial charge < -0.3 is 15.0 Å². The molecule has 80 valence electrons. The summed E-state index contributed by atoms with van der Waals surface area (Å²) < 4.78 is 5.04. The smallest absolute Gasteiger partial charge is 0.182 e. The third-order valence-corrected chi connectivity index (χ3v) is 2.02. The highest BCUT2D eigenvalue weighted by molar-refractivity contribution is 5.81. The predicted molar refractivity (Wildman–Crippen MR) is 56.6 cm³/mol. The molecule has 1 atom stereocenters. The van der Waals surface area contributed by atoms with Crippen molar-refractivity contribution in [3.05, 3.63) is 12.7 Å². The molecule has 0 aliphatic rings. The van der Waals surface area contributed by atoms with Gasteiger partial charge in [0, 0.05) is 13.2 Å². The number of aromatic amines is 1. The number of hydrogen-bond donors (Lipinski definition) is 2. The summed E-state index contributed by atoms with van der Waals surface area (Å²) in [7, 11) is 1.67. The lowest BCUT2D eigenvalue weighted by Gasteiger charge is -2.13. The molecule has 0 aromatic carbocycles. The van der Waals surface area contributed by atoms with Crippen molar-refractivity contribution in [2.24, 2.45) is 0 Å². The van der Waals surface area contributed by atoms with Crippen molar-refractivity contribution < 1.29 is 4.74 Å². The van der Waals surface area contributed by atoms with Gasteiger partial charge in [0.2, 0.25) is 0 Å². The Bertz CT molecular complexity index is 441. The molecule has 0 aliphatic heterocycles. The summed E-state index contributed by atoms with van der Waals surface area (Å²) in [5, 5.41) is 3.22. The van der Waals surface area contributed by atoms with Crippen molar-refractivity contribution in [1.82, 2.24) is 19.9 Å². The van der Waals surface area contributed by atoms with E-state index >= 15 is 0 Å². The van der Waals surface area contributed by atoms with Crippen LogP contribution in [0.2, 0.25) is 0 Å². The lowest BCUT2D eigenvalue weighted by molar-refractivity contribution is 0.190. The highest BCUT2D eigenvalue weighted by Crippen LogP contribution is 2.14. The average molecular weight is 207 g/mol. The van der Waals surface area contributed by atoms with E-state index in [1.54, 1.807) is 13.4 Å². The maximum Gasteiger partial charge on any atom is 0.182 e. The molecule has 0 saturated carbocycles. The van der Waals surface area contributed by atoms with Gasteiger partial charge in [0.05, 0.1) is 12.9 Å². The molecule has 2 heterocycles.